The zero-order valence-electron chi connectivity index (χ0n) is 9.02. The van der Waals surface area contributed by atoms with Crippen LogP contribution in [0.2, 0.25) is 0 Å². The Bertz CT molecular complexity index is 253. The van der Waals surface area contributed by atoms with Gasteiger partial charge in [-0.05, 0) is 24.7 Å². The molecule has 4 heteroatoms. The van der Waals surface area contributed by atoms with Gasteiger partial charge in [-0.25, -0.2) is 0 Å². The van der Waals surface area contributed by atoms with Crippen molar-refractivity contribution in [2.45, 2.75) is 13.0 Å². The summed E-state index contributed by atoms with van der Waals surface area (Å²) in [7, 11) is 1.50. The van der Waals surface area contributed by atoms with E-state index < -0.39 is 0 Å². The average molecular weight is 213 g/mol. The van der Waals surface area contributed by atoms with Gasteiger partial charge in [0.2, 0.25) is 0 Å². The van der Waals surface area contributed by atoms with Gasteiger partial charge in [0.1, 0.15) is 5.75 Å². The molecule has 0 aliphatic rings. The third kappa shape index (κ3) is 6.06. The third-order valence-corrected chi connectivity index (χ3v) is 1.65. The largest absolute Gasteiger partial charge is 0.493 e. The van der Waals surface area contributed by atoms with Crippen molar-refractivity contribution >= 4 is 0 Å². The standard InChI is InChI=1S/C10H14O3.CH5N/c11-5-2-6-13-10-4-1-3-9(7-10)8-12;1-2/h1,3-4,7,11-12H,2,5-6,8H2;2H2,1H3. The molecule has 0 heterocycles. The highest BCUT2D eigenvalue weighted by Crippen LogP contribution is 2.13. The molecule has 0 fully saturated rings. The molecule has 0 unspecified atom stereocenters. The highest BCUT2D eigenvalue weighted by Gasteiger charge is 1.94. The molecule has 0 spiro atoms. The summed E-state index contributed by atoms with van der Waals surface area (Å²) >= 11 is 0. The minimum atomic E-state index is 0.0250. The van der Waals surface area contributed by atoms with Crippen LogP contribution < -0.4 is 10.5 Å². The summed E-state index contributed by atoms with van der Waals surface area (Å²) in [4.78, 5) is 0. The number of rotatable bonds is 5. The predicted molar refractivity (Wildman–Crippen MR) is 59.7 cm³/mol. The molecule has 0 aliphatic carbocycles. The zero-order chi connectivity index (χ0) is 11.5. The van der Waals surface area contributed by atoms with Crippen LogP contribution in [-0.4, -0.2) is 30.5 Å². The molecule has 4 N–H and O–H groups in total. The molecular weight excluding hydrogens is 194 g/mol. The zero-order valence-corrected chi connectivity index (χ0v) is 9.02. The van der Waals surface area contributed by atoms with Crippen molar-refractivity contribution in [3.8, 4) is 5.75 Å². The number of aliphatic hydroxyl groups is 2. The number of hydrogen-bond acceptors (Lipinski definition) is 4. The van der Waals surface area contributed by atoms with Gasteiger partial charge in [0.05, 0.1) is 13.2 Å². The first-order chi connectivity index (χ1) is 7.36. The fourth-order valence-electron chi connectivity index (χ4n) is 0.988. The fourth-order valence-corrected chi connectivity index (χ4v) is 0.988. The maximum Gasteiger partial charge on any atom is 0.119 e. The summed E-state index contributed by atoms with van der Waals surface area (Å²) < 4.78 is 5.32. The normalized spacial score (nSPS) is 9.07. The van der Waals surface area contributed by atoms with E-state index in [0.717, 1.165) is 11.3 Å². The molecule has 15 heavy (non-hydrogen) atoms. The number of aliphatic hydroxyl groups excluding tert-OH is 2. The highest BCUT2D eigenvalue weighted by molar-refractivity contribution is 5.27. The van der Waals surface area contributed by atoms with Crippen molar-refractivity contribution in [1.29, 1.82) is 0 Å². The molecule has 0 radical (unpaired) electrons. The first-order valence-corrected chi connectivity index (χ1v) is 4.88. The number of hydrogen-bond donors (Lipinski definition) is 3. The lowest BCUT2D eigenvalue weighted by atomic mass is 10.2. The maximum absolute atomic E-state index is 8.84. The Morgan fingerprint density at radius 1 is 1.27 bits per heavy atom. The van der Waals surface area contributed by atoms with E-state index in [4.69, 9.17) is 14.9 Å². The molecule has 4 nitrogen and oxygen atoms in total. The number of ether oxygens (including phenoxy) is 1. The molecule has 0 aliphatic heterocycles. The van der Waals surface area contributed by atoms with E-state index in [-0.39, 0.29) is 13.2 Å². The van der Waals surface area contributed by atoms with Crippen LogP contribution in [0.4, 0.5) is 0 Å². The maximum atomic E-state index is 8.84. The summed E-state index contributed by atoms with van der Waals surface area (Å²) in [5.41, 5.74) is 5.33. The van der Waals surface area contributed by atoms with E-state index in [0.29, 0.717) is 13.0 Å². The second kappa shape index (κ2) is 9.45. The first kappa shape index (κ1) is 13.9. The molecule has 1 rings (SSSR count). The van der Waals surface area contributed by atoms with Crippen LogP contribution in [0.25, 0.3) is 0 Å². The molecule has 1 aromatic carbocycles. The Morgan fingerprint density at radius 3 is 2.60 bits per heavy atom. The van der Waals surface area contributed by atoms with E-state index in [1.54, 1.807) is 6.07 Å². The van der Waals surface area contributed by atoms with Crippen molar-refractivity contribution < 1.29 is 14.9 Å². The number of benzene rings is 1. The van der Waals surface area contributed by atoms with Crippen molar-refractivity contribution in [2.24, 2.45) is 5.73 Å². The van der Waals surface area contributed by atoms with E-state index in [1.165, 1.54) is 7.05 Å². The van der Waals surface area contributed by atoms with Crippen LogP contribution in [0.3, 0.4) is 0 Å². The van der Waals surface area contributed by atoms with Crippen molar-refractivity contribution in [1.82, 2.24) is 0 Å². The SMILES string of the molecule is CN.OCCCOc1cccc(CO)c1. The third-order valence-electron chi connectivity index (χ3n) is 1.65. The van der Waals surface area contributed by atoms with E-state index in [2.05, 4.69) is 5.73 Å². The van der Waals surface area contributed by atoms with Crippen LogP contribution in [0, 0.1) is 0 Å². The molecule has 0 aromatic heterocycles. The lowest BCUT2D eigenvalue weighted by Crippen LogP contribution is -1.99. The Balaban J connectivity index is 0.000000921. The Labute approximate surface area is 90.3 Å². The summed E-state index contributed by atoms with van der Waals surface area (Å²) in [6.45, 7) is 0.669. The van der Waals surface area contributed by atoms with Crippen LogP contribution in [0.15, 0.2) is 24.3 Å². The van der Waals surface area contributed by atoms with Crippen molar-refractivity contribution in [3.63, 3.8) is 0 Å². The number of nitrogens with two attached hydrogens (primary N) is 1. The summed E-state index contributed by atoms with van der Waals surface area (Å²) in [6, 6.07) is 7.28. The lowest BCUT2D eigenvalue weighted by Gasteiger charge is -2.05. The van der Waals surface area contributed by atoms with Crippen molar-refractivity contribution in [2.75, 3.05) is 20.3 Å². The minimum Gasteiger partial charge on any atom is -0.493 e. The van der Waals surface area contributed by atoms with Gasteiger partial charge in [-0.2, -0.15) is 0 Å². The Morgan fingerprint density at radius 2 is 2.00 bits per heavy atom. The summed E-state index contributed by atoms with van der Waals surface area (Å²) in [6.07, 6.45) is 0.628. The van der Waals surface area contributed by atoms with Gasteiger partial charge in [0, 0.05) is 13.0 Å². The van der Waals surface area contributed by atoms with E-state index in [9.17, 15) is 0 Å². The molecule has 0 bridgehead atoms. The van der Waals surface area contributed by atoms with Gasteiger partial charge in [-0.15, -0.1) is 0 Å². The van der Waals surface area contributed by atoms with Crippen LogP contribution in [-0.2, 0) is 6.61 Å². The fraction of sp³-hybridized carbons (Fsp3) is 0.455. The van der Waals surface area contributed by atoms with Crippen LogP contribution in [0.5, 0.6) is 5.75 Å². The van der Waals surface area contributed by atoms with Crippen molar-refractivity contribution in [3.05, 3.63) is 29.8 Å². The molecule has 0 amide bonds. The molecule has 0 atom stereocenters. The summed E-state index contributed by atoms with van der Waals surface area (Å²) in [5.74, 6) is 0.736. The van der Waals surface area contributed by atoms with Gasteiger partial charge < -0.3 is 20.7 Å². The van der Waals surface area contributed by atoms with E-state index >= 15 is 0 Å². The topological polar surface area (TPSA) is 75.7 Å². The second-order valence-corrected chi connectivity index (χ2v) is 2.73. The predicted octanol–water partition coefficient (Wildman–Crippen LogP) is 0.515. The lowest BCUT2D eigenvalue weighted by molar-refractivity contribution is 0.233. The average Bonchev–Trinajstić information content (AvgIpc) is 2.32. The molecule has 86 valence electrons. The molecule has 0 saturated carbocycles. The smallest absolute Gasteiger partial charge is 0.119 e. The Kier molecular flexibility index (Phi) is 8.76. The Hall–Kier alpha value is -1.10. The second-order valence-electron chi connectivity index (χ2n) is 2.73. The quantitative estimate of drug-likeness (QED) is 0.623. The van der Waals surface area contributed by atoms with Gasteiger partial charge in [0.25, 0.3) is 0 Å². The first-order valence-electron chi connectivity index (χ1n) is 4.88. The van der Waals surface area contributed by atoms with Gasteiger partial charge in [-0.3, -0.25) is 0 Å². The van der Waals surface area contributed by atoms with Gasteiger partial charge in [0.15, 0.2) is 0 Å². The monoisotopic (exact) mass is 213 g/mol. The van der Waals surface area contributed by atoms with Gasteiger partial charge >= 0.3 is 0 Å². The molecular formula is C11H19NO3. The molecule has 0 saturated heterocycles. The minimum absolute atomic E-state index is 0.0250. The highest BCUT2D eigenvalue weighted by atomic mass is 16.5. The van der Waals surface area contributed by atoms with Gasteiger partial charge in [-0.1, -0.05) is 12.1 Å². The van der Waals surface area contributed by atoms with Crippen LogP contribution in [0.1, 0.15) is 12.0 Å². The van der Waals surface area contributed by atoms with E-state index in [1.807, 2.05) is 18.2 Å². The van der Waals surface area contributed by atoms with Crippen LogP contribution >= 0.6 is 0 Å². The summed E-state index contributed by atoms with van der Waals surface area (Å²) in [5, 5.41) is 17.4. The molecule has 1 aromatic rings.